The Bertz CT molecular complexity index is 222. The Morgan fingerprint density at radius 3 is 2.07 bits per heavy atom. The van der Waals surface area contributed by atoms with E-state index in [1.54, 1.807) is 0 Å². The van der Waals surface area contributed by atoms with Gasteiger partial charge in [-0.1, -0.05) is 19.3 Å². The second kappa shape index (κ2) is 4.97. The first kappa shape index (κ1) is 10.9. The van der Waals surface area contributed by atoms with Gasteiger partial charge in [0.05, 0.1) is 5.92 Å². The maximum absolute atomic E-state index is 11.0. The second-order valence-corrected chi connectivity index (χ2v) is 4.89. The average Bonchev–Trinajstić information content (AvgIpc) is 2.05. The lowest BCUT2D eigenvalue weighted by molar-refractivity contribution is -0.149. The van der Waals surface area contributed by atoms with Crippen molar-refractivity contribution >= 4 is 5.97 Å². The zero-order valence-electron chi connectivity index (χ0n) is 9.32. The fourth-order valence-electron chi connectivity index (χ4n) is 2.81. The van der Waals surface area contributed by atoms with Crippen LogP contribution in [0.1, 0.15) is 44.9 Å². The van der Waals surface area contributed by atoms with Gasteiger partial charge >= 0.3 is 5.97 Å². The maximum Gasteiger partial charge on any atom is 0.308 e. The SMILES string of the molecule is O=C(O)C1CCC1N1CCCCCCC1. The van der Waals surface area contributed by atoms with Gasteiger partial charge in [-0.05, 0) is 38.8 Å². The number of carboxylic acids is 1. The first-order chi connectivity index (χ1) is 7.29. The summed E-state index contributed by atoms with van der Waals surface area (Å²) >= 11 is 0. The number of carbonyl (C=O) groups is 1. The standard InChI is InChI=1S/C12H21NO2/c14-12(15)10-6-7-11(10)13-8-4-2-1-3-5-9-13/h10-11H,1-9H2,(H,14,15). The van der Waals surface area contributed by atoms with Crippen molar-refractivity contribution in [2.75, 3.05) is 13.1 Å². The normalized spacial score (nSPS) is 33.9. The van der Waals surface area contributed by atoms with E-state index in [0.717, 1.165) is 25.9 Å². The summed E-state index contributed by atoms with van der Waals surface area (Å²) < 4.78 is 0. The van der Waals surface area contributed by atoms with Gasteiger partial charge in [-0.3, -0.25) is 9.69 Å². The third-order valence-electron chi connectivity index (χ3n) is 3.91. The predicted molar refractivity (Wildman–Crippen MR) is 58.8 cm³/mol. The van der Waals surface area contributed by atoms with Crippen LogP contribution in [0, 0.1) is 5.92 Å². The molecule has 2 rings (SSSR count). The van der Waals surface area contributed by atoms with Crippen LogP contribution in [-0.4, -0.2) is 35.1 Å². The topological polar surface area (TPSA) is 40.5 Å². The van der Waals surface area contributed by atoms with E-state index in [1.807, 2.05) is 0 Å². The molecule has 15 heavy (non-hydrogen) atoms. The summed E-state index contributed by atoms with van der Waals surface area (Å²) in [5.41, 5.74) is 0. The highest BCUT2D eigenvalue weighted by Crippen LogP contribution is 2.33. The van der Waals surface area contributed by atoms with Gasteiger partial charge in [0.1, 0.15) is 0 Å². The van der Waals surface area contributed by atoms with Gasteiger partial charge in [0, 0.05) is 6.04 Å². The summed E-state index contributed by atoms with van der Waals surface area (Å²) in [5.74, 6) is -0.669. The average molecular weight is 211 g/mol. The molecule has 2 unspecified atom stereocenters. The van der Waals surface area contributed by atoms with E-state index in [4.69, 9.17) is 5.11 Å². The van der Waals surface area contributed by atoms with Crippen molar-refractivity contribution in [3.8, 4) is 0 Å². The summed E-state index contributed by atoms with van der Waals surface area (Å²) in [6.07, 6.45) is 8.49. The lowest BCUT2D eigenvalue weighted by atomic mass is 9.78. The minimum Gasteiger partial charge on any atom is -0.481 e. The first-order valence-electron chi connectivity index (χ1n) is 6.26. The van der Waals surface area contributed by atoms with Gasteiger partial charge in [0.25, 0.3) is 0 Å². The summed E-state index contributed by atoms with van der Waals surface area (Å²) in [5, 5.41) is 9.03. The highest BCUT2D eigenvalue weighted by molar-refractivity contribution is 5.72. The Hall–Kier alpha value is -0.570. The monoisotopic (exact) mass is 211 g/mol. The molecule has 0 radical (unpaired) electrons. The highest BCUT2D eigenvalue weighted by atomic mass is 16.4. The van der Waals surface area contributed by atoms with Crippen LogP contribution in [0.25, 0.3) is 0 Å². The largest absolute Gasteiger partial charge is 0.481 e. The molecule has 0 spiro atoms. The van der Waals surface area contributed by atoms with Crippen molar-refractivity contribution in [2.24, 2.45) is 5.92 Å². The van der Waals surface area contributed by atoms with Crippen molar-refractivity contribution in [2.45, 2.75) is 51.0 Å². The molecular formula is C12H21NO2. The molecule has 1 aliphatic carbocycles. The van der Waals surface area contributed by atoms with Crippen LogP contribution < -0.4 is 0 Å². The van der Waals surface area contributed by atoms with Crippen LogP contribution >= 0.6 is 0 Å². The minimum absolute atomic E-state index is 0.0792. The van der Waals surface area contributed by atoms with Crippen molar-refractivity contribution < 1.29 is 9.90 Å². The summed E-state index contributed by atoms with van der Waals surface area (Å²) in [4.78, 5) is 13.4. The van der Waals surface area contributed by atoms with Crippen molar-refractivity contribution in [3.63, 3.8) is 0 Å². The fraction of sp³-hybridized carbons (Fsp3) is 0.917. The van der Waals surface area contributed by atoms with Crippen LogP contribution in [0.3, 0.4) is 0 Å². The van der Waals surface area contributed by atoms with E-state index < -0.39 is 5.97 Å². The number of hydrogen-bond acceptors (Lipinski definition) is 2. The summed E-state index contributed by atoms with van der Waals surface area (Å²) in [7, 11) is 0. The van der Waals surface area contributed by atoms with Gasteiger partial charge in [0.2, 0.25) is 0 Å². The third-order valence-corrected chi connectivity index (χ3v) is 3.91. The van der Waals surface area contributed by atoms with Crippen molar-refractivity contribution in [1.29, 1.82) is 0 Å². The zero-order valence-corrected chi connectivity index (χ0v) is 9.32. The quantitative estimate of drug-likeness (QED) is 0.760. The van der Waals surface area contributed by atoms with Gasteiger partial charge in [-0.15, -0.1) is 0 Å². The number of carboxylic acid groups (broad SMARTS) is 1. The molecule has 3 nitrogen and oxygen atoms in total. The molecule has 1 heterocycles. The molecule has 0 aromatic heterocycles. The molecule has 0 amide bonds. The Labute approximate surface area is 91.5 Å². The molecule has 1 saturated heterocycles. The molecular weight excluding hydrogens is 190 g/mol. The summed E-state index contributed by atoms with van der Waals surface area (Å²) in [6, 6.07) is 0.348. The molecule has 2 fully saturated rings. The molecule has 1 aliphatic heterocycles. The molecule has 1 saturated carbocycles. The molecule has 3 heteroatoms. The number of likely N-dealkylation sites (tertiary alicyclic amines) is 1. The van der Waals surface area contributed by atoms with E-state index in [1.165, 1.54) is 32.1 Å². The van der Waals surface area contributed by atoms with Gasteiger partial charge in [-0.25, -0.2) is 0 Å². The second-order valence-electron chi connectivity index (χ2n) is 4.89. The van der Waals surface area contributed by atoms with Crippen molar-refractivity contribution in [3.05, 3.63) is 0 Å². The first-order valence-corrected chi connectivity index (χ1v) is 6.26. The molecule has 2 aliphatic rings. The minimum atomic E-state index is -0.590. The lowest BCUT2D eigenvalue weighted by Gasteiger charge is -2.43. The third kappa shape index (κ3) is 2.51. The number of nitrogens with zero attached hydrogens (tertiary/aromatic N) is 1. The van der Waals surface area contributed by atoms with E-state index in [0.29, 0.717) is 6.04 Å². The fourth-order valence-corrected chi connectivity index (χ4v) is 2.81. The smallest absolute Gasteiger partial charge is 0.308 e. The van der Waals surface area contributed by atoms with Crippen molar-refractivity contribution in [1.82, 2.24) is 4.90 Å². The van der Waals surface area contributed by atoms with Gasteiger partial charge in [-0.2, -0.15) is 0 Å². The Kier molecular flexibility index (Phi) is 3.62. The predicted octanol–water partition coefficient (Wildman–Crippen LogP) is 2.12. The van der Waals surface area contributed by atoms with Crippen LogP contribution in [0.2, 0.25) is 0 Å². The Balaban J connectivity index is 1.87. The van der Waals surface area contributed by atoms with Gasteiger partial charge < -0.3 is 5.11 Å². The lowest BCUT2D eigenvalue weighted by Crippen LogP contribution is -2.51. The molecule has 2 atom stereocenters. The zero-order chi connectivity index (χ0) is 10.7. The number of rotatable bonds is 2. The number of hydrogen-bond donors (Lipinski definition) is 1. The molecule has 0 aromatic carbocycles. The van der Waals surface area contributed by atoms with Crippen LogP contribution in [0.15, 0.2) is 0 Å². The molecule has 86 valence electrons. The van der Waals surface area contributed by atoms with Crippen LogP contribution in [0.4, 0.5) is 0 Å². The van der Waals surface area contributed by atoms with E-state index in [-0.39, 0.29) is 5.92 Å². The van der Waals surface area contributed by atoms with Crippen LogP contribution in [0.5, 0.6) is 0 Å². The van der Waals surface area contributed by atoms with E-state index in [9.17, 15) is 4.79 Å². The Morgan fingerprint density at radius 2 is 1.60 bits per heavy atom. The molecule has 1 N–H and O–H groups in total. The Morgan fingerprint density at radius 1 is 1.00 bits per heavy atom. The van der Waals surface area contributed by atoms with Crippen LogP contribution in [-0.2, 0) is 4.79 Å². The maximum atomic E-state index is 11.0. The van der Waals surface area contributed by atoms with Gasteiger partial charge in [0.15, 0.2) is 0 Å². The van der Waals surface area contributed by atoms with E-state index in [2.05, 4.69) is 4.90 Å². The molecule has 0 bridgehead atoms. The number of aliphatic carboxylic acids is 1. The summed E-state index contributed by atoms with van der Waals surface area (Å²) in [6.45, 7) is 2.24. The van der Waals surface area contributed by atoms with E-state index >= 15 is 0 Å². The molecule has 0 aromatic rings. The highest BCUT2D eigenvalue weighted by Gasteiger charge is 2.39.